The van der Waals surface area contributed by atoms with Crippen LogP contribution in [0.2, 0.25) is 0 Å². The van der Waals surface area contributed by atoms with Crippen molar-refractivity contribution >= 4 is 5.91 Å². The number of nitrogens with zero attached hydrogens (tertiary/aromatic N) is 3. The topological polar surface area (TPSA) is 59.2 Å². The smallest absolute Gasteiger partial charge is 0.254 e. The summed E-state index contributed by atoms with van der Waals surface area (Å²) >= 11 is 0. The van der Waals surface area contributed by atoms with Gasteiger partial charge in [-0.15, -0.1) is 0 Å². The number of benzene rings is 2. The van der Waals surface area contributed by atoms with Crippen LogP contribution in [-0.2, 0) is 4.79 Å². The van der Waals surface area contributed by atoms with Gasteiger partial charge < -0.3 is 9.42 Å². The van der Waals surface area contributed by atoms with Crippen molar-refractivity contribution in [1.82, 2.24) is 15.0 Å². The highest BCUT2D eigenvalue weighted by Crippen LogP contribution is 2.31. The van der Waals surface area contributed by atoms with E-state index in [1.165, 1.54) is 5.56 Å². The van der Waals surface area contributed by atoms with Gasteiger partial charge in [-0.3, -0.25) is 4.79 Å². The van der Waals surface area contributed by atoms with Crippen LogP contribution >= 0.6 is 0 Å². The number of rotatable bonds is 4. The third-order valence-electron chi connectivity index (χ3n) is 4.77. The van der Waals surface area contributed by atoms with Gasteiger partial charge in [-0.1, -0.05) is 65.3 Å². The molecule has 3 aromatic rings. The number of amides is 1. The second-order valence-electron chi connectivity index (χ2n) is 6.68. The summed E-state index contributed by atoms with van der Waals surface area (Å²) in [5.41, 5.74) is 3.07. The van der Waals surface area contributed by atoms with E-state index in [-0.39, 0.29) is 11.9 Å². The zero-order valence-electron chi connectivity index (χ0n) is 14.8. The van der Waals surface area contributed by atoms with Crippen molar-refractivity contribution in [3.63, 3.8) is 0 Å². The van der Waals surface area contributed by atoms with Gasteiger partial charge in [-0.2, -0.15) is 4.98 Å². The van der Waals surface area contributed by atoms with E-state index in [2.05, 4.69) is 10.1 Å². The second kappa shape index (κ2) is 7.12. The fourth-order valence-corrected chi connectivity index (χ4v) is 3.36. The van der Waals surface area contributed by atoms with Gasteiger partial charge in [0.1, 0.15) is 6.04 Å². The van der Waals surface area contributed by atoms with Crippen molar-refractivity contribution in [2.75, 3.05) is 6.54 Å². The Bertz CT molecular complexity index is 887. The average molecular weight is 347 g/mol. The highest BCUT2D eigenvalue weighted by molar-refractivity contribution is 5.77. The zero-order valence-corrected chi connectivity index (χ0v) is 14.8. The minimum Gasteiger partial charge on any atom is -0.336 e. The molecule has 132 valence electrons. The number of likely N-dealkylation sites (tertiary alicyclic amines) is 1. The summed E-state index contributed by atoms with van der Waals surface area (Å²) in [6.45, 7) is 2.75. The molecular weight excluding hydrogens is 326 g/mol. The lowest BCUT2D eigenvalue weighted by molar-refractivity contribution is -0.135. The molecule has 1 aliphatic rings. The molecule has 1 aliphatic heterocycles. The highest BCUT2D eigenvalue weighted by Gasteiger charge is 2.32. The Morgan fingerprint density at radius 2 is 1.81 bits per heavy atom. The molecule has 0 bridgehead atoms. The SMILES string of the molecule is Cc1ccc(-c2noc(C(c3ccccc3)N3CCCCC3=O)n2)cc1. The molecule has 0 saturated carbocycles. The molecule has 0 N–H and O–H groups in total. The molecule has 26 heavy (non-hydrogen) atoms. The number of aryl methyl sites for hydroxylation is 1. The molecule has 1 fully saturated rings. The molecule has 0 aliphatic carbocycles. The number of carbonyl (C=O) groups is 1. The first kappa shape index (κ1) is 16.5. The van der Waals surface area contributed by atoms with Crippen molar-refractivity contribution in [3.05, 3.63) is 71.6 Å². The first-order valence-electron chi connectivity index (χ1n) is 8.97. The van der Waals surface area contributed by atoms with E-state index in [0.717, 1.165) is 24.0 Å². The second-order valence-corrected chi connectivity index (χ2v) is 6.68. The maximum atomic E-state index is 12.5. The summed E-state index contributed by atoms with van der Waals surface area (Å²) in [4.78, 5) is 19.0. The van der Waals surface area contributed by atoms with Crippen LogP contribution in [0, 0.1) is 6.92 Å². The molecule has 5 heteroatoms. The van der Waals surface area contributed by atoms with Crippen LogP contribution in [0.3, 0.4) is 0 Å². The molecule has 5 nitrogen and oxygen atoms in total. The van der Waals surface area contributed by atoms with Crippen molar-refractivity contribution in [2.24, 2.45) is 0 Å². The van der Waals surface area contributed by atoms with E-state index in [4.69, 9.17) is 4.52 Å². The Balaban J connectivity index is 1.72. The summed E-state index contributed by atoms with van der Waals surface area (Å²) in [7, 11) is 0. The van der Waals surface area contributed by atoms with Crippen molar-refractivity contribution in [1.29, 1.82) is 0 Å². The van der Waals surface area contributed by atoms with Gasteiger partial charge in [0.25, 0.3) is 5.89 Å². The average Bonchev–Trinajstić information content (AvgIpc) is 3.15. The van der Waals surface area contributed by atoms with Gasteiger partial charge in [-0.05, 0) is 25.3 Å². The van der Waals surface area contributed by atoms with E-state index in [1.54, 1.807) is 0 Å². The minimum atomic E-state index is -0.337. The molecule has 1 aromatic heterocycles. The standard InChI is InChI=1S/C21H21N3O2/c1-15-10-12-17(13-11-15)20-22-21(26-23-20)19(16-7-3-2-4-8-16)24-14-6-5-9-18(24)25/h2-4,7-8,10-13,19H,5-6,9,14H2,1H3. The lowest BCUT2D eigenvalue weighted by Gasteiger charge is -2.32. The summed E-state index contributed by atoms with van der Waals surface area (Å²) in [6.07, 6.45) is 2.51. The van der Waals surface area contributed by atoms with Crippen LogP contribution in [0.15, 0.2) is 59.1 Å². The number of carbonyl (C=O) groups excluding carboxylic acids is 1. The van der Waals surface area contributed by atoms with Crippen LogP contribution in [-0.4, -0.2) is 27.5 Å². The van der Waals surface area contributed by atoms with Crippen LogP contribution in [0.4, 0.5) is 0 Å². The molecule has 1 atom stereocenters. The third kappa shape index (κ3) is 3.25. The summed E-state index contributed by atoms with van der Waals surface area (Å²) in [6, 6.07) is 17.6. The van der Waals surface area contributed by atoms with Gasteiger partial charge in [0.05, 0.1) is 0 Å². The Hall–Kier alpha value is -2.95. The Kier molecular flexibility index (Phi) is 4.52. The summed E-state index contributed by atoms with van der Waals surface area (Å²) in [5.74, 6) is 1.15. The van der Waals surface area contributed by atoms with Gasteiger partial charge in [-0.25, -0.2) is 0 Å². The van der Waals surface area contributed by atoms with Gasteiger partial charge in [0, 0.05) is 18.5 Å². The fourth-order valence-electron chi connectivity index (χ4n) is 3.36. The number of hydrogen-bond donors (Lipinski definition) is 0. The van der Waals surface area contributed by atoms with Gasteiger partial charge in [0.2, 0.25) is 11.7 Å². The maximum absolute atomic E-state index is 12.5. The predicted molar refractivity (Wildman–Crippen MR) is 98.3 cm³/mol. The first-order chi connectivity index (χ1) is 12.7. The Labute approximate surface area is 152 Å². The summed E-state index contributed by atoms with van der Waals surface area (Å²) in [5, 5.41) is 4.16. The van der Waals surface area contributed by atoms with Crippen molar-refractivity contribution in [2.45, 2.75) is 32.2 Å². The number of hydrogen-bond acceptors (Lipinski definition) is 4. The van der Waals surface area contributed by atoms with Crippen LogP contribution in [0.1, 0.15) is 42.3 Å². The molecule has 4 rings (SSSR count). The number of aromatic nitrogens is 2. The molecule has 2 aromatic carbocycles. The zero-order chi connectivity index (χ0) is 17.9. The van der Waals surface area contributed by atoms with Crippen molar-refractivity contribution in [3.8, 4) is 11.4 Å². The molecule has 0 spiro atoms. The van der Waals surface area contributed by atoms with Crippen LogP contribution in [0.25, 0.3) is 11.4 Å². The monoisotopic (exact) mass is 347 g/mol. The fraction of sp³-hybridized carbons (Fsp3) is 0.286. The van der Waals surface area contributed by atoms with E-state index in [1.807, 2.05) is 66.4 Å². The third-order valence-corrected chi connectivity index (χ3v) is 4.77. The lowest BCUT2D eigenvalue weighted by Crippen LogP contribution is -2.39. The molecule has 1 saturated heterocycles. The quantitative estimate of drug-likeness (QED) is 0.711. The molecule has 1 amide bonds. The summed E-state index contributed by atoms with van der Waals surface area (Å²) < 4.78 is 5.61. The van der Waals surface area contributed by atoms with Crippen molar-refractivity contribution < 1.29 is 9.32 Å². The minimum absolute atomic E-state index is 0.139. The highest BCUT2D eigenvalue weighted by atomic mass is 16.5. The lowest BCUT2D eigenvalue weighted by atomic mass is 10.0. The first-order valence-corrected chi connectivity index (χ1v) is 8.97. The molecular formula is C21H21N3O2. The normalized spacial score (nSPS) is 15.9. The van der Waals surface area contributed by atoms with E-state index in [0.29, 0.717) is 24.7 Å². The largest absolute Gasteiger partial charge is 0.336 e. The van der Waals surface area contributed by atoms with Gasteiger partial charge in [0.15, 0.2) is 0 Å². The molecule has 1 unspecified atom stereocenters. The van der Waals surface area contributed by atoms with Crippen LogP contribution < -0.4 is 0 Å². The Morgan fingerprint density at radius 1 is 1.04 bits per heavy atom. The molecule has 0 radical (unpaired) electrons. The van der Waals surface area contributed by atoms with E-state index < -0.39 is 0 Å². The van der Waals surface area contributed by atoms with Gasteiger partial charge >= 0.3 is 0 Å². The molecule has 2 heterocycles. The number of piperidine rings is 1. The van der Waals surface area contributed by atoms with E-state index >= 15 is 0 Å². The van der Waals surface area contributed by atoms with Crippen LogP contribution in [0.5, 0.6) is 0 Å². The maximum Gasteiger partial charge on any atom is 0.254 e. The van der Waals surface area contributed by atoms with E-state index in [9.17, 15) is 4.79 Å². The Morgan fingerprint density at radius 3 is 2.54 bits per heavy atom. The predicted octanol–water partition coefficient (Wildman–Crippen LogP) is 4.15.